The van der Waals surface area contributed by atoms with Gasteiger partial charge in [0.05, 0.1) is 34.0 Å². The van der Waals surface area contributed by atoms with Gasteiger partial charge in [-0.1, -0.05) is 35.3 Å². The maximum atomic E-state index is 12.3. The third kappa shape index (κ3) is 3.68. The maximum absolute atomic E-state index is 12.3. The quantitative estimate of drug-likeness (QED) is 0.673. The Hall–Kier alpha value is -2.90. The molecule has 3 aromatic rings. The number of nitrogens with one attached hydrogen (secondary N) is 1. The molecule has 7 nitrogen and oxygen atoms in total. The lowest BCUT2D eigenvalue weighted by Gasteiger charge is -2.07. The van der Waals surface area contributed by atoms with Crippen LogP contribution in [0.2, 0.25) is 10.0 Å². The van der Waals surface area contributed by atoms with Crippen LogP contribution >= 0.6 is 23.2 Å². The number of nitrogens with zero attached hydrogens (tertiary/aromatic N) is 2. The molecule has 0 aliphatic heterocycles. The van der Waals surface area contributed by atoms with Gasteiger partial charge in [0.25, 0.3) is 0 Å². The molecule has 9 heteroatoms. The van der Waals surface area contributed by atoms with Crippen LogP contribution in [0.25, 0.3) is 11.5 Å². The van der Waals surface area contributed by atoms with E-state index in [2.05, 4.69) is 20.3 Å². The van der Waals surface area contributed by atoms with E-state index in [1.807, 2.05) is 0 Å². The van der Waals surface area contributed by atoms with Crippen LogP contribution in [0.4, 0.5) is 5.69 Å². The van der Waals surface area contributed by atoms with Gasteiger partial charge in [0.1, 0.15) is 0 Å². The molecule has 0 fully saturated rings. The van der Waals surface area contributed by atoms with Crippen LogP contribution in [0.1, 0.15) is 21.0 Å². The molecule has 1 heterocycles. The summed E-state index contributed by atoms with van der Waals surface area (Å²) in [5.41, 5.74) is 0.943. The van der Waals surface area contributed by atoms with Crippen molar-refractivity contribution < 1.29 is 18.7 Å². The standard InChI is InChI=1S/C17H11Cl2N3O4/c1-25-17(24)9-6-7-12(19)13(8-9)20-14(23)16-22-21-15(26-16)10-4-2-3-5-11(10)18/h2-8H,1H3,(H,20,23). The first-order valence-corrected chi connectivity index (χ1v) is 8.03. The summed E-state index contributed by atoms with van der Waals surface area (Å²) in [5.74, 6) is -1.41. The van der Waals surface area contributed by atoms with Crippen molar-refractivity contribution in [3.8, 4) is 11.5 Å². The molecular weight excluding hydrogens is 381 g/mol. The number of hydrogen-bond donors (Lipinski definition) is 1. The molecule has 0 atom stereocenters. The summed E-state index contributed by atoms with van der Waals surface area (Å²) in [4.78, 5) is 23.9. The molecule has 26 heavy (non-hydrogen) atoms. The van der Waals surface area contributed by atoms with E-state index in [1.54, 1.807) is 24.3 Å². The van der Waals surface area contributed by atoms with Crippen molar-refractivity contribution in [1.82, 2.24) is 10.2 Å². The fraction of sp³-hybridized carbons (Fsp3) is 0.0588. The lowest BCUT2D eigenvalue weighted by molar-refractivity contribution is 0.0600. The van der Waals surface area contributed by atoms with Crippen molar-refractivity contribution in [2.24, 2.45) is 0 Å². The minimum Gasteiger partial charge on any atom is -0.465 e. The minimum absolute atomic E-state index is 0.107. The molecule has 0 spiro atoms. The van der Waals surface area contributed by atoms with Crippen LogP contribution in [-0.2, 0) is 4.74 Å². The fourth-order valence-electron chi connectivity index (χ4n) is 2.10. The second kappa shape index (κ2) is 7.55. The summed E-state index contributed by atoms with van der Waals surface area (Å²) in [6.07, 6.45) is 0. The number of amides is 1. The minimum atomic E-state index is -0.681. The fourth-order valence-corrected chi connectivity index (χ4v) is 2.48. The summed E-state index contributed by atoms with van der Waals surface area (Å²) in [5, 5.41) is 10.7. The molecule has 2 aromatic carbocycles. The Kier molecular flexibility index (Phi) is 5.20. The first kappa shape index (κ1) is 17.9. The molecule has 0 aliphatic carbocycles. The van der Waals surface area contributed by atoms with Crippen molar-refractivity contribution in [2.75, 3.05) is 12.4 Å². The van der Waals surface area contributed by atoms with E-state index in [-0.39, 0.29) is 28.1 Å². The van der Waals surface area contributed by atoms with Gasteiger partial charge >= 0.3 is 17.8 Å². The topological polar surface area (TPSA) is 94.3 Å². The zero-order valence-corrected chi connectivity index (χ0v) is 14.8. The molecule has 0 saturated carbocycles. The molecule has 1 N–H and O–H groups in total. The zero-order valence-electron chi connectivity index (χ0n) is 13.3. The third-order valence-corrected chi connectivity index (χ3v) is 4.02. The van der Waals surface area contributed by atoms with Gasteiger partial charge in [-0.15, -0.1) is 10.2 Å². The number of anilines is 1. The molecule has 0 bridgehead atoms. The predicted molar refractivity (Wildman–Crippen MR) is 95.5 cm³/mol. The van der Waals surface area contributed by atoms with E-state index in [9.17, 15) is 9.59 Å². The van der Waals surface area contributed by atoms with Crippen molar-refractivity contribution in [1.29, 1.82) is 0 Å². The lowest BCUT2D eigenvalue weighted by Crippen LogP contribution is -2.13. The van der Waals surface area contributed by atoms with Gasteiger partial charge in [-0.2, -0.15) is 0 Å². The third-order valence-electron chi connectivity index (χ3n) is 3.36. The number of halogens is 2. The van der Waals surface area contributed by atoms with Crippen molar-refractivity contribution in [3.05, 3.63) is 64.0 Å². The van der Waals surface area contributed by atoms with E-state index in [0.717, 1.165) is 0 Å². The Morgan fingerprint density at radius 2 is 1.85 bits per heavy atom. The maximum Gasteiger partial charge on any atom is 0.337 e. The zero-order chi connectivity index (χ0) is 18.7. The van der Waals surface area contributed by atoms with Crippen LogP contribution in [0.15, 0.2) is 46.9 Å². The molecule has 0 aliphatic rings. The highest BCUT2D eigenvalue weighted by atomic mass is 35.5. The van der Waals surface area contributed by atoms with E-state index in [0.29, 0.717) is 10.6 Å². The number of carbonyl (C=O) groups is 2. The van der Waals surface area contributed by atoms with Gasteiger partial charge in [-0.05, 0) is 30.3 Å². The SMILES string of the molecule is COC(=O)c1ccc(Cl)c(NC(=O)c2nnc(-c3ccccc3Cl)o2)c1. The number of carbonyl (C=O) groups excluding carboxylic acids is 2. The molecule has 1 amide bonds. The van der Waals surface area contributed by atoms with Crippen LogP contribution in [0, 0.1) is 0 Å². The summed E-state index contributed by atoms with van der Waals surface area (Å²) in [6, 6.07) is 11.2. The van der Waals surface area contributed by atoms with Crippen molar-refractivity contribution >= 4 is 40.8 Å². The van der Waals surface area contributed by atoms with Gasteiger partial charge in [-0.25, -0.2) is 4.79 Å². The Morgan fingerprint density at radius 1 is 1.08 bits per heavy atom. The number of rotatable bonds is 4. The molecule has 132 valence electrons. The van der Waals surface area contributed by atoms with Gasteiger partial charge in [0.15, 0.2) is 0 Å². The molecular formula is C17H11Cl2N3O4. The van der Waals surface area contributed by atoms with Crippen LogP contribution in [0.5, 0.6) is 0 Å². The van der Waals surface area contributed by atoms with Crippen LogP contribution in [0.3, 0.4) is 0 Å². The van der Waals surface area contributed by atoms with Gasteiger partial charge in [0, 0.05) is 0 Å². The molecule has 0 unspecified atom stereocenters. The van der Waals surface area contributed by atoms with E-state index in [1.165, 1.54) is 25.3 Å². The average molecular weight is 392 g/mol. The highest BCUT2D eigenvalue weighted by molar-refractivity contribution is 6.34. The van der Waals surface area contributed by atoms with Gasteiger partial charge < -0.3 is 14.5 Å². The smallest absolute Gasteiger partial charge is 0.337 e. The molecule has 0 radical (unpaired) electrons. The Bertz CT molecular complexity index is 988. The highest BCUT2D eigenvalue weighted by Gasteiger charge is 2.19. The van der Waals surface area contributed by atoms with Crippen LogP contribution in [-0.4, -0.2) is 29.2 Å². The van der Waals surface area contributed by atoms with E-state index in [4.69, 9.17) is 27.6 Å². The monoisotopic (exact) mass is 391 g/mol. The number of benzene rings is 2. The predicted octanol–water partition coefficient (Wildman–Crippen LogP) is 4.08. The van der Waals surface area contributed by atoms with Crippen molar-refractivity contribution in [3.63, 3.8) is 0 Å². The molecule has 1 aromatic heterocycles. The molecule has 3 rings (SSSR count). The largest absolute Gasteiger partial charge is 0.465 e. The van der Waals surface area contributed by atoms with Crippen LogP contribution < -0.4 is 5.32 Å². The summed E-state index contributed by atoms with van der Waals surface area (Å²) in [6.45, 7) is 0. The number of hydrogen-bond acceptors (Lipinski definition) is 6. The van der Waals surface area contributed by atoms with Gasteiger partial charge in [0.2, 0.25) is 5.89 Å². The van der Waals surface area contributed by atoms with E-state index >= 15 is 0 Å². The normalized spacial score (nSPS) is 10.4. The highest BCUT2D eigenvalue weighted by Crippen LogP contribution is 2.27. The number of methoxy groups -OCH3 is 1. The second-order valence-electron chi connectivity index (χ2n) is 5.03. The average Bonchev–Trinajstić information content (AvgIpc) is 3.13. The summed E-state index contributed by atoms with van der Waals surface area (Å²) >= 11 is 12.1. The van der Waals surface area contributed by atoms with Crippen molar-refractivity contribution in [2.45, 2.75) is 0 Å². The Labute approximate surface area is 157 Å². The first-order chi connectivity index (χ1) is 12.5. The molecule has 0 saturated heterocycles. The van der Waals surface area contributed by atoms with Gasteiger partial charge in [-0.3, -0.25) is 4.79 Å². The number of esters is 1. The summed E-state index contributed by atoms with van der Waals surface area (Å²) in [7, 11) is 1.25. The Balaban J connectivity index is 1.83. The number of aromatic nitrogens is 2. The first-order valence-electron chi connectivity index (χ1n) is 7.27. The number of ether oxygens (including phenoxy) is 1. The lowest BCUT2D eigenvalue weighted by atomic mass is 10.2. The second-order valence-corrected chi connectivity index (χ2v) is 5.85. The van der Waals surface area contributed by atoms with E-state index < -0.39 is 11.9 Å². The Morgan fingerprint density at radius 3 is 2.58 bits per heavy atom. The summed E-state index contributed by atoms with van der Waals surface area (Å²) < 4.78 is 10.0.